The minimum absolute atomic E-state index is 0.0321. The van der Waals surface area contributed by atoms with Crippen molar-refractivity contribution in [2.75, 3.05) is 13.1 Å². The Labute approximate surface area is 83.0 Å². The fourth-order valence-electron chi connectivity index (χ4n) is 1.81. The molecule has 1 N–H and O–H groups in total. The Kier molecular flexibility index (Phi) is 2.15. The van der Waals surface area contributed by atoms with Crippen LogP contribution in [-0.4, -0.2) is 29.0 Å². The highest BCUT2D eigenvalue weighted by atomic mass is 16.3. The highest BCUT2D eigenvalue weighted by Gasteiger charge is 2.22. The summed E-state index contributed by atoms with van der Waals surface area (Å²) in [5.41, 5.74) is 1.69. The van der Waals surface area contributed by atoms with Crippen molar-refractivity contribution in [3.8, 4) is 5.75 Å². The van der Waals surface area contributed by atoms with Crippen LogP contribution in [0.3, 0.4) is 0 Å². The summed E-state index contributed by atoms with van der Waals surface area (Å²) in [5.74, 6) is 0.194. The number of phenolic OH excluding ortho intramolecular Hbond substituents is 1. The molecule has 3 nitrogen and oxygen atoms in total. The van der Waals surface area contributed by atoms with Gasteiger partial charge < -0.3 is 10.0 Å². The van der Waals surface area contributed by atoms with Crippen LogP contribution < -0.4 is 0 Å². The van der Waals surface area contributed by atoms with E-state index in [1.807, 2.05) is 13.0 Å². The van der Waals surface area contributed by atoms with Gasteiger partial charge in [-0.3, -0.25) is 4.79 Å². The molecule has 1 heterocycles. The predicted molar refractivity (Wildman–Crippen MR) is 53.4 cm³/mol. The van der Waals surface area contributed by atoms with Crippen LogP contribution >= 0.6 is 0 Å². The SMILES string of the molecule is CCN1CCc2ccc(O)cc2C1=O. The number of likely N-dealkylation sites (N-methyl/N-ethyl adjacent to an activating group) is 1. The molecule has 1 aliphatic heterocycles. The first-order chi connectivity index (χ1) is 6.72. The Hall–Kier alpha value is -1.51. The van der Waals surface area contributed by atoms with Gasteiger partial charge >= 0.3 is 0 Å². The van der Waals surface area contributed by atoms with Gasteiger partial charge in [0.25, 0.3) is 5.91 Å². The molecule has 2 rings (SSSR count). The van der Waals surface area contributed by atoms with Crippen molar-refractivity contribution >= 4 is 5.91 Å². The third-order valence-electron chi connectivity index (χ3n) is 2.64. The number of nitrogens with zero attached hydrogens (tertiary/aromatic N) is 1. The number of carbonyl (C=O) groups is 1. The number of benzene rings is 1. The van der Waals surface area contributed by atoms with E-state index in [-0.39, 0.29) is 11.7 Å². The smallest absolute Gasteiger partial charge is 0.254 e. The van der Waals surface area contributed by atoms with E-state index >= 15 is 0 Å². The maximum absolute atomic E-state index is 11.8. The van der Waals surface area contributed by atoms with Crippen LogP contribution in [0.2, 0.25) is 0 Å². The third-order valence-corrected chi connectivity index (χ3v) is 2.64. The van der Waals surface area contributed by atoms with Gasteiger partial charge in [-0.25, -0.2) is 0 Å². The molecule has 1 aliphatic rings. The number of fused-ring (bicyclic) bond motifs is 1. The van der Waals surface area contributed by atoms with Crippen LogP contribution in [-0.2, 0) is 6.42 Å². The Morgan fingerprint density at radius 1 is 1.50 bits per heavy atom. The standard InChI is InChI=1S/C11H13NO2/c1-2-12-6-5-8-3-4-9(13)7-10(8)11(12)14/h3-4,7,13H,2,5-6H2,1H3. The lowest BCUT2D eigenvalue weighted by molar-refractivity contribution is 0.0748. The largest absolute Gasteiger partial charge is 0.508 e. The normalized spacial score (nSPS) is 15.5. The third kappa shape index (κ3) is 1.35. The minimum Gasteiger partial charge on any atom is -0.508 e. The van der Waals surface area contributed by atoms with Crippen LogP contribution in [0.1, 0.15) is 22.8 Å². The average molecular weight is 191 g/mol. The molecular formula is C11H13NO2. The summed E-state index contributed by atoms with van der Waals surface area (Å²) in [6.45, 7) is 3.48. The Morgan fingerprint density at radius 3 is 3.00 bits per heavy atom. The minimum atomic E-state index is 0.0321. The van der Waals surface area contributed by atoms with E-state index in [1.54, 1.807) is 17.0 Å². The number of amides is 1. The molecule has 3 heteroatoms. The van der Waals surface area contributed by atoms with Gasteiger partial charge in [-0.1, -0.05) is 6.07 Å². The number of hydrogen-bond acceptors (Lipinski definition) is 2. The van der Waals surface area contributed by atoms with Gasteiger partial charge in [0.1, 0.15) is 5.75 Å². The molecule has 0 unspecified atom stereocenters. The van der Waals surface area contributed by atoms with Crippen molar-refractivity contribution in [2.24, 2.45) is 0 Å². The molecule has 74 valence electrons. The van der Waals surface area contributed by atoms with Crippen LogP contribution in [0.25, 0.3) is 0 Å². The summed E-state index contributed by atoms with van der Waals surface area (Å²) >= 11 is 0. The molecule has 14 heavy (non-hydrogen) atoms. The first-order valence-corrected chi connectivity index (χ1v) is 4.83. The van der Waals surface area contributed by atoms with Crippen molar-refractivity contribution in [3.63, 3.8) is 0 Å². The number of rotatable bonds is 1. The Balaban J connectivity index is 2.43. The van der Waals surface area contributed by atoms with E-state index in [2.05, 4.69) is 0 Å². The first kappa shape index (κ1) is 9.06. The van der Waals surface area contributed by atoms with Crippen molar-refractivity contribution < 1.29 is 9.90 Å². The molecule has 0 saturated carbocycles. The van der Waals surface area contributed by atoms with Gasteiger partial charge in [-0.2, -0.15) is 0 Å². The van der Waals surface area contributed by atoms with Gasteiger partial charge in [0.2, 0.25) is 0 Å². The zero-order valence-electron chi connectivity index (χ0n) is 8.16. The molecule has 0 saturated heterocycles. The molecule has 0 spiro atoms. The summed E-state index contributed by atoms with van der Waals surface area (Å²) in [7, 11) is 0. The number of aromatic hydroxyl groups is 1. The maximum Gasteiger partial charge on any atom is 0.254 e. The highest BCUT2D eigenvalue weighted by molar-refractivity contribution is 5.97. The second kappa shape index (κ2) is 3.33. The summed E-state index contributed by atoms with van der Waals surface area (Å²) in [6.07, 6.45) is 0.884. The fraction of sp³-hybridized carbons (Fsp3) is 0.364. The van der Waals surface area contributed by atoms with Gasteiger partial charge in [0.05, 0.1) is 0 Å². The van der Waals surface area contributed by atoms with E-state index in [1.165, 1.54) is 0 Å². The molecule has 0 aliphatic carbocycles. The quantitative estimate of drug-likeness (QED) is 0.729. The summed E-state index contributed by atoms with van der Waals surface area (Å²) in [6, 6.07) is 5.02. The van der Waals surface area contributed by atoms with Gasteiger partial charge in [-0.15, -0.1) is 0 Å². The lowest BCUT2D eigenvalue weighted by Gasteiger charge is -2.27. The molecular weight excluding hydrogens is 178 g/mol. The van der Waals surface area contributed by atoms with E-state index in [0.717, 1.165) is 25.1 Å². The first-order valence-electron chi connectivity index (χ1n) is 4.83. The topological polar surface area (TPSA) is 40.5 Å². The molecule has 0 fully saturated rings. The summed E-state index contributed by atoms with van der Waals surface area (Å²) in [5, 5.41) is 9.29. The van der Waals surface area contributed by atoms with Gasteiger partial charge in [0, 0.05) is 18.7 Å². The van der Waals surface area contributed by atoms with Crippen LogP contribution in [0, 0.1) is 0 Å². The molecule has 0 atom stereocenters. The average Bonchev–Trinajstić information content (AvgIpc) is 2.20. The van der Waals surface area contributed by atoms with E-state index in [4.69, 9.17) is 0 Å². The summed E-state index contributed by atoms with van der Waals surface area (Å²) in [4.78, 5) is 13.6. The van der Waals surface area contributed by atoms with E-state index in [0.29, 0.717) is 5.56 Å². The Bertz CT molecular complexity index is 374. The second-order valence-electron chi connectivity index (χ2n) is 3.48. The van der Waals surface area contributed by atoms with Gasteiger partial charge in [-0.05, 0) is 31.0 Å². The van der Waals surface area contributed by atoms with Crippen LogP contribution in [0.15, 0.2) is 18.2 Å². The lowest BCUT2D eigenvalue weighted by Crippen LogP contribution is -2.37. The highest BCUT2D eigenvalue weighted by Crippen LogP contribution is 2.22. The van der Waals surface area contributed by atoms with Crippen molar-refractivity contribution in [2.45, 2.75) is 13.3 Å². The lowest BCUT2D eigenvalue weighted by atomic mass is 9.99. The number of hydrogen-bond donors (Lipinski definition) is 1. The van der Waals surface area contributed by atoms with Crippen LogP contribution in [0.5, 0.6) is 5.75 Å². The van der Waals surface area contributed by atoms with Crippen molar-refractivity contribution in [1.29, 1.82) is 0 Å². The molecule has 0 aromatic heterocycles. The molecule has 1 aromatic rings. The molecule has 1 aromatic carbocycles. The maximum atomic E-state index is 11.8. The zero-order valence-corrected chi connectivity index (χ0v) is 8.16. The monoisotopic (exact) mass is 191 g/mol. The number of carbonyl (C=O) groups excluding carboxylic acids is 1. The van der Waals surface area contributed by atoms with Gasteiger partial charge in [0.15, 0.2) is 0 Å². The van der Waals surface area contributed by atoms with E-state index in [9.17, 15) is 9.90 Å². The summed E-state index contributed by atoms with van der Waals surface area (Å²) < 4.78 is 0. The van der Waals surface area contributed by atoms with Crippen molar-refractivity contribution in [1.82, 2.24) is 4.90 Å². The van der Waals surface area contributed by atoms with E-state index < -0.39 is 0 Å². The van der Waals surface area contributed by atoms with Crippen LogP contribution in [0.4, 0.5) is 0 Å². The van der Waals surface area contributed by atoms with Crippen molar-refractivity contribution in [3.05, 3.63) is 29.3 Å². The molecule has 0 radical (unpaired) electrons. The Morgan fingerprint density at radius 2 is 2.29 bits per heavy atom. The molecule has 0 bridgehead atoms. The fourth-order valence-corrected chi connectivity index (χ4v) is 1.81. The number of phenols is 1. The second-order valence-corrected chi connectivity index (χ2v) is 3.48. The zero-order chi connectivity index (χ0) is 10.1. The molecule has 1 amide bonds. The predicted octanol–water partition coefficient (Wildman–Crippen LogP) is 1.41.